The van der Waals surface area contributed by atoms with E-state index < -0.39 is 10.4 Å². The van der Waals surface area contributed by atoms with E-state index in [2.05, 4.69) is 9.17 Å². The highest BCUT2D eigenvalue weighted by molar-refractivity contribution is 7.81. The van der Waals surface area contributed by atoms with Gasteiger partial charge >= 0.3 is 10.4 Å². The van der Waals surface area contributed by atoms with Crippen molar-refractivity contribution in [2.75, 3.05) is 0 Å². The predicted octanol–water partition coefficient (Wildman–Crippen LogP) is 1.42. The molecule has 0 fully saturated rings. The van der Waals surface area contributed by atoms with E-state index >= 15 is 0 Å². The average molecular weight is 225 g/mol. The van der Waals surface area contributed by atoms with Crippen LogP contribution in [-0.4, -0.2) is 18.0 Å². The molecule has 0 unspecified atom stereocenters. The molecule has 0 radical (unpaired) electrons. The molecule has 0 aliphatic rings. The summed E-state index contributed by atoms with van der Waals surface area (Å²) in [6.07, 6.45) is 1.23. The first-order valence-corrected chi connectivity index (χ1v) is 5.43. The Balaban J connectivity index is 2.48. The molecule has 0 atom stereocenters. The fourth-order valence-corrected chi connectivity index (χ4v) is 1.55. The molecule has 2 rings (SSSR count). The van der Waals surface area contributed by atoms with Crippen LogP contribution in [0.5, 0.6) is 5.75 Å². The van der Waals surface area contributed by atoms with Gasteiger partial charge in [0.05, 0.1) is 11.7 Å². The van der Waals surface area contributed by atoms with Crippen molar-refractivity contribution in [2.24, 2.45) is 0 Å². The van der Waals surface area contributed by atoms with Gasteiger partial charge in [0.25, 0.3) is 0 Å². The van der Waals surface area contributed by atoms with Crippen LogP contribution < -0.4 is 4.18 Å². The molecule has 2 aromatic rings. The van der Waals surface area contributed by atoms with Gasteiger partial charge in [0.2, 0.25) is 0 Å². The van der Waals surface area contributed by atoms with Crippen molar-refractivity contribution in [3.8, 4) is 5.75 Å². The van der Waals surface area contributed by atoms with Crippen molar-refractivity contribution >= 4 is 21.3 Å². The van der Waals surface area contributed by atoms with Gasteiger partial charge in [-0.05, 0) is 12.1 Å². The molecule has 1 aromatic carbocycles. The van der Waals surface area contributed by atoms with Crippen LogP contribution in [-0.2, 0) is 10.4 Å². The number of hydrogen-bond acceptors (Lipinski definition) is 4. The molecular formula is C9H7NO4S. The van der Waals surface area contributed by atoms with Gasteiger partial charge in [-0.25, -0.2) is 0 Å². The molecule has 6 heteroatoms. The molecule has 78 valence electrons. The SMILES string of the molecule is O=S(=O)(O)Oc1cnc2ccccc2c1. The monoisotopic (exact) mass is 225 g/mol. The predicted molar refractivity (Wildman–Crippen MR) is 53.9 cm³/mol. The zero-order valence-corrected chi connectivity index (χ0v) is 8.31. The normalized spacial score (nSPS) is 11.5. The van der Waals surface area contributed by atoms with E-state index in [1.807, 2.05) is 6.07 Å². The standard InChI is InChI=1S/C9H7NO4S/c11-15(12,13)14-8-5-7-3-1-2-4-9(7)10-6-8/h1-6H,(H,11,12,13). The quantitative estimate of drug-likeness (QED) is 0.782. The molecule has 5 nitrogen and oxygen atoms in total. The largest absolute Gasteiger partial charge is 0.446 e. The highest BCUT2D eigenvalue weighted by atomic mass is 32.3. The first kappa shape index (κ1) is 9.88. The lowest BCUT2D eigenvalue weighted by Crippen LogP contribution is -2.06. The van der Waals surface area contributed by atoms with Gasteiger partial charge < -0.3 is 4.18 Å². The summed E-state index contributed by atoms with van der Waals surface area (Å²) in [4.78, 5) is 3.96. The highest BCUT2D eigenvalue weighted by Gasteiger charge is 2.07. The second kappa shape index (κ2) is 3.48. The molecule has 0 amide bonds. The Bertz CT molecular complexity index is 594. The summed E-state index contributed by atoms with van der Waals surface area (Å²) in [6, 6.07) is 8.64. The lowest BCUT2D eigenvalue weighted by atomic mass is 10.2. The number of nitrogens with zero attached hydrogens (tertiary/aromatic N) is 1. The molecule has 0 aliphatic carbocycles. The second-order valence-corrected chi connectivity index (χ2v) is 3.90. The Hall–Kier alpha value is -1.66. The van der Waals surface area contributed by atoms with Crippen LogP contribution in [0.25, 0.3) is 10.9 Å². The van der Waals surface area contributed by atoms with Crippen LogP contribution >= 0.6 is 0 Å². The van der Waals surface area contributed by atoms with Crippen molar-refractivity contribution in [3.05, 3.63) is 36.5 Å². The topological polar surface area (TPSA) is 76.5 Å². The van der Waals surface area contributed by atoms with Gasteiger partial charge in [0.15, 0.2) is 5.75 Å². The number of aromatic nitrogens is 1. The van der Waals surface area contributed by atoms with Crippen LogP contribution in [0, 0.1) is 0 Å². The Morgan fingerprint density at radius 1 is 1.27 bits per heavy atom. The van der Waals surface area contributed by atoms with E-state index in [9.17, 15) is 8.42 Å². The Morgan fingerprint density at radius 3 is 2.73 bits per heavy atom. The van der Waals surface area contributed by atoms with Crippen molar-refractivity contribution < 1.29 is 17.2 Å². The van der Waals surface area contributed by atoms with E-state index in [1.165, 1.54) is 12.3 Å². The van der Waals surface area contributed by atoms with Crippen molar-refractivity contribution in [3.63, 3.8) is 0 Å². The summed E-state index contributed by atoms with van der Waals surface area (Å²) in [5.41, 5.74) is 0.722. The van der Waals surface area contributed by atoms with Crippen LogP contribution in [0.1, 0.15) is 0 Å². The van der Waals surface area contributed by atoms with Crippen LogP contribution in [0.3, 0.4) is 0 Å². The molecule has 1 aromatic heterocycles. The zero-order valence-electron chi connectivity index (χ0n) is 7.49. The van der Waals surface area contributed by atoms with Crippen molar-refractivity contribution in [1.82, 2.24) is 4.98 Å². The van der Waals surface area contributed by atoms with Gasteiger partial charge in [0, 0.05) is 5.39 Å². The van der Waals surface area contributed by atoms with Crippen LogP contribution in [0.4, 0.5) is 0 Å². The van der Waals surface area contributed by atoms with Crippen molar-refractivity contribution in [1.29, 1.82) is 0 Å². The third-order valence-electron chi connectivity index (χ3n) is 1.77. The van der Waals surface area contributed by atoms with Crippen LogP contribution in [0.2, 0.25) is 0 Å². The number of hydrogen-bond donors (Lipinski definition) is 1. The molecule has 0 aliphatic heterocycles. The maximum atomic E-state index is 10.4. The summed E-state index contributed by atoms with van der Waals surface area (Å²) in [6.45, 7) is 0. The van der Waals surface area contributed by atoms with E-state index in [-0.39, 0.29) is 5.75 Å². The first-order valence-electron chi connectivity index (χ1n) is 4.06. The molecule has 0 saturated heterocycles. The molecular weight excluding hydrogens is 218 g/mol. The summed E-state index contributed by atoms with van der Waals surface area (Å²) in [7, 11) is -4.49. The zero-order chi connectivity index (χ0) is 10.9. The average Bonchev–Trinajstić information content (AvgIpc) is 2.15. The fourth-order valence-electron chi connectivity index (χ4n) is 1.22. The van der Waals surface area contributed by atoms with Gasteiger partial charge in [0.1, 0.15) is 0 Å². The van der Waals surface area contributed by atoms with Crippen molar-refractivity contribution in [2.45, 2.75) is 0 Å². The number of fused-ring (bicyclic) bond motifs is 1. The minimum atomic E-state index is -4.49. The summed E-state index contributed by atoms with van der Waals surface area (Å²) < 4.78 is 33.6. The van der Waals surface area contributed by atoms with E-state index in [0.717, 1.165) is 10.9 Å². The molecule has 0 spiro atoms. The molecule has 1 N–H and O–H groups in total. The van der Waals surface area contributed by atoms with E-state index in [0.29, 0.717) is 0 Å². The fraction of sp³-hybridized carbons (Fsp3) is 0. The number of benzene rings is 1. The molecule has 1 heterocycles. The maximum Gasteiger partial charge on any atom is 0.446 e. The Kier molecular flexibility index (Phi) is 2.29. The summed E-state index contributed by atoms with van der Waals surface area (Å²) in [5, 5.41) is 0.735. The first-order chi connectivity index (χ1) is 7.04. The second-order valence-electron chi connectivity index (χ2n) is 2.87. The third kappa shape index (κ3) is 2.42. The number of para-hydroxylation sites is 1. The lowest BCUT2D eigenvalue weighted by molar-refractivity contribution is 0.386. The minimum Gasteiger partial charge on any atom is -0.360 e. The third-order valence-corrected chi connectivity index (χ3v) is 2.17. The minimum absolute atomic E-state index is 0.0174. The Labute approximate surface area is 86.3 Å². The van der Waals surface area contributed by atoms with Crippen LogP contribution in [0.15, 0.2) is 36.5 Å². The summed E-state index contributed by atoms with van der Waals surface area (Å²) in [5.74, 6) is -0.0174. The summed E-state index contributed by atoms with van der Waals surface area (Å²) >= 11 is 0. The lowest BCUT2D eigenvalue weighted by Gasteiger charge is -2.01. The smallest absolute Gasteiger partial charge is 0.360 e. The van der Waals surface area contributed by atoms with Gasteiger partial charge in [-0.2, -0.15) is 8.42 Å². The van der Waals surface area contributed by atoms with E-state index in [4.69, 9.17) is 4.55 Å². The molecule has 15 heavy (non-hydrogen) atoms. The molecule has 0 bridgehead atoms. The number of pyridine rings is 1. The Morgan fingerprint density at radius 2 is 2.00 bits per heavy atom. The maximum absolute atomic E-state index is 10.4. The molecule has 0 saturated carbocycles. The number of rotatable bonds is 2. The highest BCUT2D eigenvalue weighted by Crippen LogP contribution is 2.18. The van der Waals surface area contributed by atoms with Gasteiger partial charge in [-0.15, -0.1) is 0 Å². The van der Waals surface area contributed by atoms with E-state index in [1.54, 1.807) is 18.2 Å². The van der Waals surface area contributed by atoms with Gasteiger partial charge in [-0.1, -0.05) is 18.2 Å². The van der Waals surface area contributed by atoms with Gasteiger partial charge in [-0.3, -0.25) is 9.54 Å².